The molecule has 5 nitrogen and oxygen atoms in total. The molecule has 2 N–H and O–H groups in total. The van der Waals surface area contributed by atoms with E-state index in [2.05, 4.69) is 11.3 Å². The van der Waals surface area contributed by atoms with Gasteiger partial charge < -0.3 is 9.84 Å². The molecule has 0 aliphatic rings. The van der Waals surface area contributed by atoms with Gasteiger partial charge in [-0.3, -0.25) is 0 Å². The summed E-state index contributed by atoms with van der Waals surface area (Å²) in [5.74, 6) is -0.985. The Hall–Kier alpha value is -1.44. The molecule has 0 saturated carbocycles. The highest BCUT2D eigenvalue weighted by atomic mass is 32.2. The SMILES string of the molecule is C=CCCS(=O)(=O)NC(C)c1ccc(F)c(OC(O)C(C)C)c1. The van der Waals surface area contributed by atoms with E-state index in [-0.39, 0.29) is 17.4 Å². The van der Waals surface area contributed by atoms with E-state index >= 15 is 0 Å². The van der Waals surface area contributed by atoms with Crippen molar-refractivity contribution in [1.29, 1.82) is 0 Å². The minimum atomic E-state index is -3.46. The van der Waals surface area contributed by atoms with Crippen LogP contribution in [0.2, 0.25) is 0 Å². The minimum Gasteiger partial charge on any atom is -0.462 e. The molecule has 0 aliphatic carbocycles. The second-order valence-electron chi connectivity index (χ2n) is 5.68. The lowest BCUT2D eigenvalue weighted by molar-refractivity contribution is -0.0537. The molecule has 0 amide bonds. The Labute approximate surface area is 137 Å². The fourth-order valence-corrected chi connectivity index (χ4v) is 3.05. The first-order valence-corrected chi connectivity index (χ1v) is 9.06. The van der Waals surface area contributed by atoms with Crippen LogP contribution in [0.1, 0.15) is 38.8 Å². The lowest BCUT2D eigenvalue weighted by Crippen LogP contribution is -2.29. The Morgan fingerprint density at radius 1 is 1.39 bits per heavy atom. The van der Waals surface area contributed by atoms with Gasteiger partial charge in [-0.2, -0.15) is 0 Å². The summed E-state index contributed by atoms with van der Waals surface area (Å²) < 4.78 is 45.2. The molecule has 0 heterocycles. The monoisotopic (exact) mass is 345 g/mol. The average molecular weight is 345 g/mol. The van der Waals surface area contributed by atoms with Crippen molar-refractivity contribution in [2.45, 2.75) is 39.5 Å². The highest BCUT2D eigenvalue weighted by Crippen LogP contribution is 2.25. The molecule has 0 aromatic heterocycles. The molecule has 0 bridgehead atoms. The number of nitrogens with one attached hydrogen (secondary N) is 1. The Kier molecular flexibility index (Phi) is 7.18. The van der Waals surface area contributed by atoms with Gasteiger partial charge in [0.1, 0.15) is 0 Å². The molecule has 0 fully saturated rings. The van der Waals surface area contributed by atoms with Gasteiger partial charge in [0.05, 0.1) is 5.75 Å². The number of aliphatic hydroxyl groups excluding tert-OH is 1. The van der Waals surface area contributed by atoms with Gasteiger partial charge in [-0.05, 0) is 31.0 Å². The number of rotatable bonds is 9. The topological polar surface area (TPSA) is 75.6 Å². The molecule has 0 spiro atoms. The highest BCUT2D eigenvalue weighted by molar-refractivity contribution is 7.89. The fraction of sp³-hybridized carbons (Fsp3) is 0.500. The summed E-state index contributed by atoms with van der Waals surface area (Å²) in [4.78, 5) is 0. The van der Waals surface area contributed by atoms with Gasteiger partial charge in [-0.25, -0.2) is 17.5 Å². The number of benzene rings is 1. The van der Waals surface area contributed by atoms with Crippen molar-refractivity contribution in [3.8, 4) is 5.75 Å². The molecular formula is C16H24FNO4S. The van der Waals surface area contributed by atoms with Gasteiger partial charge in [-0.1, -0.05) is 26.0 Å². The van der Waals surface area contributed by atoms with Crippen LogP contribution in [-0.4, -0.2) is 25.6 Å². The van der Waals surface area contributed by atoms with Crippen molar-refractivity contribution >= 4 is 10.0 Å². The summed E-state index contributed by atoms with van der Waals surface area (Å²) in [6.07, 6.45) is 0.737. The predicted octanol–water partition coefficient (Wildman–Crippen LogP) is 2.74. The number of ether oxygens (including phenoxy) is 1. The maximum Gasteiger partial charge on any atom is 0.212 e. The maximum absolute atomic E-state index is 13.8. The molecule has 130 valence electrons. The van der Waals surface area contributed by atoms with E-state index < -0.39 is 28.2 Å². The van der Waals surface area contributed by atoms with Crippen molar-refractivity contribution in [2.24, 2.45) is 5.92 Å². The highest BCUT2D eigenvalue weighted by Gasteiger charge is 2.18. The molecule has 0 radical (unpaired) electrons. The van der Waals surface area contributed by atoms with Crippen molar-refractivity contribution in [1.82, 2.24) is 4.72 Å². The van der Waals surface area contributed by atoms with Crippen molar-refractivity contribution < 1.29 is 22.7 Å². The lowest BCUT2D eigenvalue weighted by atomic mass is 10.1. The van der Waals surface area contributed by atoms with E-state index in [9.17, 15) is 17.9 Å². The number of sulfonamides is 1. The van der Waals surface area contributed by atoms with Crippen molar-refractivity contribution in [3.63, 3.8) is 0 Å². The number of aliphatic hydroxyl groups is 1. The zero-order chi connectivity index (χ0) is 17.6. The largest absolute Gasteiger partial charge is 0.462 e. The van der Waals surface area contributed by atoms with Crippen molar-refractivity contribution in [2.75, 3.05) is 5.75 Å². The second kappa shape index (κ2) is 8.42. The molecular weight excluding hydrogens is 321 g/mol. The Morgan fingerprint density at radius 3 is 2.61 bits per heavy atom. The molecule has 2 atom stereocenters. The first kappa shape index (κ1) is 19.6. The van der Waals surface area contributed by atoms with Crippen LogP contribution in [0.4, 0.5) is 4.39 Å². The quantitative estimate of drug-likeness (QED) is 0.533. The first-order valence-electron chi connectivity index (χ1n) is 7.41. The van der Waals surface area contributed by atoms with E-state index in [1.54, 1.807) is 20.8 Å². The van der Waals surface area contributed by atoms with Gasteiger partial charge in [0.15, 0.2) is 17.9 Å². The second-order valence-corrected chi connectivity index (χ2v) is 7.55. The number of hydrogen-bond acceptors (Lipinski definition) is 4. The van der Waals surface area contributed by atoms with Crippen LogP contribution < -0.4 is 9.46 Å². The maximum atomic E-state index is 13.8. The smallest absolute Gasteiger partial charge is 0.212 e. The van der Waals surface area contributed by atoms with E-state index in [0.29, 0.717) is 12.0 Å². The molecule has 1 aromatic rings. The van der Waals surface area contributed by atoms with Gasteiger partial charge in [0.25, 0.3) is 0 Å². The number of halogens is 1. The van der Waals surface area contributed by atoms with E-state index in [0.717, 1.165) is 0 Å². The summed E-state index contributed by atoms with van der Waals surface area (Å²) >= 11 is 0. The number of hydrogen-bond donors (Lipinski definition) is 2. The third-order valence-corrected chi connectivity index (χ3v) is 4.71. The summed E-state index contributed by atoms with van der Waals surface area (Å²) in [5, 5.41) is 9.71. The summed E-state index contributed by atoms with van der Waals surface area (Å²) in [6.45, 7) is 8.62. The van der Waals surface area contributed by atoms with Crippen LogP contribution in [0.5, 0.6) is 5.75 Å². The molecule has 23 heavy (non-hydrogen) atoms. The molecule has 7 heteroatoms. The van der Waals surface area contributed by atoms with Gasteiger partial charge in [0.2, 0.25) is 10.0 Å². The van der Waals surface area contributed by atoms with Crippen molar-refractivity contribution in [3.05, 3.63) is 42.2 Å². The van der Waals surface area contributed by atoms with E-state index in [1.165, 1.54) is 24.3 Å². The van der Waals surface area contributed by atoms with Crippen LogP contribution in [0, 0.1) is 11.7 Å². The van der Waals surface area contributed by atoms with Crippen LogP contribution >= 0.6 is 0 Å². The molecule has 0 aliphatic heterocycles. The zero-order valence-electron chi connectivity index (χ0n) is 13.6. The third-order valence-electron chi connectivity index (χ3n) is 3.22. The zero-order valence-corrected chi connectivity index (χ0v) is 14.4. The van der Waals surface area contributed by atoms with Gasteiger partial charge >= 0.3 is 0 Å². The minimum absolute atomic E-state index is 0.0581. The molecule has 0 saturated heterocycles. The average Bonchev–Trinajstić information content (AvgIpc) is 2.46. The first-order chi connectivity index (χ1) is 10.7. The normalized spacial score (nSPS) is 14.5. The molecule has 1 rings (SSSR count). The van der Waals surface area contributed by atoms with Gasteiger partial charge in [-0.15, -0.1) is 6.58 Å². The van der Waals surface area contributed by atoms with Crippen LogP contribution in [0.15, 0.2) is 30.9 Å². The van der Waals surface area contributed by atoms with Crippen LogP contribution in [0.25, 0.3) is 0 Å². The fourth-order valence-electron chi connectivity index (χ4n) is 1.78. The van der Waals surface area contributed by atoms with Gasteiger partial charge in [0, 0.05) is 12.0 Å². The standard InChI is InChI=1S/C16H24FNO4S/c1-5-6-9-23(20,21)18-12(4)13-7-8-14(17)15(10-13)22-16(19)11(2)3/h5,7-8,10-12,16,18-19H,1,6,9H2,2-4H3. The Morgan fingerprint density at radius 2 is 2.04 bits per heavy atom. The van der Waals surface area contributed by atoms with E-state index in [1.807, 2.05) is 0 Å². The predicted molar refractivity (Wildman–Crippen MR) is 88.0 cm³/mol. The summed E-state index contributed by atoms with van der Waals surface area (Å²) in [6, 6.07) is 3.50. The Balaban J connectivity index is 2.90. The summed E-state index contributed by atoms with van der Waals surface area (Å²) in [7, 11) is -3.46. The molecule has 1 aromatic carbocycles. The number of allylic oxidation sites excluding steroid dienone is 1. The summed E-state index contributed by atoms with van der Waals surface area (Å²) in [5.41, 5.74) is 0.541. The van der Waals surface area contributed by atoms with Crippen LogP contribution in [-0.2, 0) is 10.0 Å². The molecule has 2 unspecified atom stereocenters. The Bertz CT molecular complexity index is 631. The third kappa shape index (κ3) is 6.29. The lowest BCUT2D eigenvalue weighted by Gasteiger charge is -2.19. The van der Waals surface area contributed by atoms with E-state index in [4.69, 9.17) is 4.74 Å². The van der Waals surface area contributed by atoms with Crippen LogP contribution in [0.3, 0.4) is 0 Å².